The molecule has 0 amide bonds. The normalized spacial score (nSPS) is 18.0. The SMILES string of the molecule is OC1CCN(CC(Cc2cccs2)NCC=Cc2ccccc2)CC1. The van der Waals surface area contributed by atoms with E-state index in [0.29, 0.717) is 6.04 Å². The lowest BCUT2D eigenvalue weighted by Crippen LogP contribution is -2.46. The zero-order chi connectivity index (χ0) is 17.3. The summed E-state index contributed by atoms with van der Waals surface area (Å²) in [4.78, 5) is 3.92. The summed E-state index contributed by atoms with van der Waals surface area (Å²) < 4.78 is 0. The van der Waals surface area contributed by atoms with E-state index in [2.05, 4.69) is 64.1 Å². The van der Waals surface area contributed by atoms with Gasteiger partial charge in [-0.1, -0.05) is 48.6 Å². The standard InChI is InChI=1S/C21H28N2OS/c24-20-10-13-23(14-11-20)17-19(16-21-9-5-15-25-21)22-12-4-8-18-6-2-1-3-7-18/h1-9,15,19-20,22,24H,10-14,16-17H2. The fourth-order valence-electron chi connectivity index (χ4n) is 3.28. The molecule has 134 valence electrons. The second-order valence-electron chi connectivity index (χ2n) is 6.73. The van der Waals surface area contributed by atoms with E-state index in [1.165, 1.54) is 10.4 Å². The maximum atomic E-state index is 9.70. The first-order valence-electron chi connectivity index (χ1n) is 9.17. The van der Waals surface area contributed by atoms with Gasteiger partial charge in [-0.05, 0) is 36.3 Å². The van der Waals surface area contributed by atoms with Crippen molar-refractivity contribution in [2.75, 3.05) is 26.2 Å². The fraction of sp³-hybridized carbons (Fsp3) is 0.429. The molecule has 1 aliphatic heterocycles. The summed E-state index contributed by atoms with van der Waals surface area (Å²) in [5.74, 6) is 0. The highest BCUT2D eigenvalue weighted by Crippen LogP contribution is 2.14. The minimum absolute atomic E-state index is 0.103. The van der Waals surface area contributed by atoms with E-state index in [1.807, 2.05) is 17.4 Å². The molecule has 1 unspecified atom stereocenters. The van der Waals surface area contributed by atoms with E-state index in [0.717, 1.165) is 45.4 Å². The van der Waals surface area contributed by atoms with Gasteiger partial charge in [-0.2, -0.15) is 0 Å². The zero-order valence-corrected chi connectivity index (χ0v) is 15.5. The second-order valence-corrected chi connectivity index (χ2v) is 7.77. The van der Waals surface area contributed by atoms with Crippen LogP contribution >= 0.6 is 11.3 Å². The molecular formula is C21H28N2OS. The minimum atomic E-state index is -0.103. The van der Waals surface area contributed by atoms with E-state index in [1.54, 1.807) is 0 Å². The van der Waals surface area contributed by atoms with Crippen LogP contribution in [0.25, 0.3) is 6.08 Å². The lowest BCUT2D eigenvalue weighted by Gasteiger charge is -2.32. The molecule has 0 spiro atoms. The van der Waals surface area contributed by atoms with Crippen LogP contribution in [0, 0.1) is 0 Å². The molecule has 1 atom stereocenters. The number of rotatable bonds is 8. The van der Waals surface area contributed by atoms with Gasteiger partial charge < -0.3 is 15.3 Å². The Morgan fingerprint density at radius 3 is 2.68 bits per heavy atom. The van der Waals surface area contributed by atoms with Gasteiger partial charge in [-0.25, -0.2) is 0 Å². The Morgan fingerprint density at radius 2 is 1.96 bits per heavy atom. The molecule has 1 fully saturated rings. The molecule has 2 heterocycles. The van der Waals surface area contributed by atoms with Gasteiger partial charge in [-0.15, -0.1) is 11.3 Å². The number of benzene rings is 1. The van der Waals surface area contributed by atoms with E-state index in [4.69, 9.17) is 0 Å². The van der Waals surface area contributed by atoms with Crippen molar-refractivity contribution in [1.82, 2.24) is 10.2 Å². The van der Waals surface area contributed by atoms with Gasteiger partial charge in [-0.3, -0.25) is 0 Å². The molecule has 0 radical (unpaired) electrons. The zero-order valence-electron chi connectivity index (χ0n) is 14.7. The third-order valence-electron chi connectivity index (χ3n) is 4.70. The first-order chi connectivity index (χ1) is 12.3. The summed E-state index contributed by atoms with van der Waals surface area (Å²) in [7, 11) is 0. The number of hydrogen-bond donors (Lipinski definition) is 2. The summed E-state index contributed by atoms with van der Waals surface area (Å²) in [6.07, 6.45) is 7.15. The van der Waals surface area contributed by atoms with Gasteiger partial charge in [0.15, 0.2) is 0 Å². The van der Waals surface area contributed by atoms with Crippen LogP contribution < -0.4 is 5.32 Å². The molecule has 2 aromatic rings. The van der Waals surface area contributed by atoms with Crippen molar-refractivity contribution in [2.45, 2.75) is 31.4 Å². The first kappa shape index (κ1) is 18.3. The third kappa shape index (κ3) is 6.40. The Labute approximate surface area is 155 Å². The van der Waals surface area contributed by atoms with Crippen molar-refractivity contribution in [1.29, 1.82) is 0 Å². The summed E-state index contributed by atoms with van der Waals surface area (Å²) in [6.45, 7) is 3.93. The molecule has 2 N–H and O–H groups in total. The Kier molecular flexibility index (Phi) is 7.24. The summed E-state index contributed by atoms with van der Waals surface area (Å²) >= 11 is 1.83. The van der Waals surface area contributed by atoms with Gasteiger partial charge in [0.1, 0.15) is 0 Å². The molecule has 4 heteroatoms. The number of thiophene rings is 1. The highest BCUT2D eigenvalue weighted by atomic mass is 32.1. The van der Waals surface area contributed by atoms with Crippen LogP contribution in [0.1, 0.15) is 23.3 Å². The lowest BCUT2D eigenvalue weighted by molar-refractivity contribution is 0.0779. The number of nitrogens with zero attached hydrogens (tertiary/aromatic N) is 1. The Hall–Kier alpha value is -1.46. The average molecular weight is 357 g/mol. The number of aliphatic hydroxyl groups is 1. The van der Waals surface area contributed by atoms with Crippen LogP contribution in [-0.2, 0) is 6.42 Å². The van der Waals surface area contributed by atoms with Gasteiger partial charge in [0, 0.05) is 37.1 Å². The molecular weight excluding hydrogens is 328 g/mol. The summed E-state index contributed by atoms with van der Waals surface area (Å²) in [6, 6.07) is 15.2. The van der Waals surface area contributed by atoms with Gasteiger partial charge in [0.05, 0.1) is 6.10 Å². The monoisotopic (exact) mass is 356 g/mol. The van der Waals surface area contributed by atoms with Crippen LogP contribution in [0.5, 0.6) is 0 Å². The van der Waals surface area contributed by atoms with Crippen LogP contribution in [0.2, 0.25) is 0 Å². The number of piperidine rings is 1. The third-order valence-corrected chi connectivity index (χ3v) is 5.60. The number of nitrogens with one attached hydrogen (secondary N) is 1. The number of aliphatic hydroxyl groups excluding tert-OH is 1. The van der Waals surface area contributed by atoms with Crippen molar-refractivity contribution in [2.24, 2.45) is 0 Å². The predicted octanol–water partition coefficient (Wildman–Crippen LogP) is 3.42. The number of likely N-dealkylation sites (tertiary alicyclic amines) is 1. The molecule has 0 aliphatic carbocycles. The Balaban J connectivity index is 1.51. The largest absolute Gasteiger partial charge is 0.393 e. The van der Waals surface area contributed by atoms with Crippen LogP contribution in [0.15, 0.2) is 53.9 Å². The average Bonchev–Trinajstić information content (AvgIpc) is 3.14. The van der Waals surface area contributed by atoms with E-state index >= 15 is 0 Å². The van der Waals surface area contributed by atoms with Crippen molar-refractivity contribution >= 4 is 17.4 Å². The summed E-state index contributed by atoms with van der Waals surface area (Å²) in [5.41, 5.74) is 1.24. The maximum Gasteiger partial charge on any atom is 0.0564 e. The summed E-state index contributed by atoms with van der Waals surface area (Å²) in [5, 5.41) is 15.6. The fourth-order valence-corrected chi connectivity index (χ4v) is 4.07. The minimum Gasteiger partial charge on any atom is -0.393 e. The van der Waals surface area contributed by atoms with Crippen molar-refractivity contribution in [3.05, 3.63) is 64.4 Å². The topological polar surface area (TPSA) is 35.5 Å². The molecule has 1 saturated heterocycles. The van der Waals surface area contributed by atoms with E-state index in [-0.39, 0.29) is 6.10 Å². The van der Waals surface area contributed by atoms with E-state index in [9.17, 15) is 5.11 Å². The Morgan fingerprint density at radius 1 is 1.16 bits per heavy atom. The highest BCUT2D eigenvalue weighted by Gasteiger charge is 2.20. The van der Waals surface area contributed by atoms with Crippen molar-refractivity contribution < 1.29 is 5.11 Å². The lowest BCUT2D eigenvalue weighted by atomic mass is 10.1. The molecule has 3 rings (SSSR count). The van der Waals surface area contributed by atoms with Crippen LogP contribution in [-0.4, -0.2) is 48.3 Å². The molecule has 0 bridgehead atoms. The molecule has 1 aromatic carbocycles. The number of hydrogen-bond acceptors (Lipinski definition) is 4. The molecule has 3 nitrogen and oxygen atoms in total. The smallest absolute Gasteiger partial charge is 0.0564 e. The van der Waals surface area contributed by atoms with Crippen LogP contribution in [0.4, 0.5) is 0 Å². The van der Waals surface area contributed by atoms with Gasteiger partial charge >= 0.3 is 0 Å². The molecule has 0 saturated carbocycles. The quantitative estimate of drug-likeness (QED) is 0.761. The highest BCUT2D eigenvalue weighted by molar-refractivity contribution is 7.09. The molecule has 1 aromatic heterocycles. The van der Waals surface area contributed by atoms with Crippen molar-refractivity contribution in [3.8, 4) is 0 Å². The molecule has 1 aliphatic rings. The second kappa shape index (κ2) is 9.88. The van der Waals surface area contributed by atoms with Gasteiger partial charge in [0.25, 0.3) is 0 Å². The van der Waals surface area contributed by atoms with E-state index < -0.39 is 0 Å². The van der Waals surface area contributed by atoms with Gasteiger partial charge in [0.2, 0.25) is 0 Å². The predicted molar refractivity (Wildman–Crippen MR) is 107 cm³/mol. The molecule has 25 heavy (non-hydrogen) atoms. The maximum absolute atomic E-state index is 9.70. The first-order valence-corrected chi connectivity index (χ1v) is 10.1. The van der Waals surface area contributed by atoms with Crippen LogP contribution in [0.3, 0.4) is 0 Å². The van der Waals surface area contributed by atoms with Crippen molar-refractivity contribution in [3.63, 3.8) is 0 Å². The Bertz CT molecular complexity index is 619.